The molecule has 0 bridgehead atoms. The standard InChI is InChI=1S/C11H6Br2FNO/c12-8-5-7(14)1-2-10(8)16-11-3-4-15-6-9(11)13/h1-6H. The molecule has 0 radical (unpaired) electrons. The second-order valence-electron chi connectivity index (χ2n) is 2.98. The molecule has 0 aliphatic heterocycles. The zero-order chi connectivity index (χ0) is 11.5. The summed E-state index contributed by atoms with van der Waals surface area (Å²) in [5.74, 6) is 0.864. The Hall–Kier alpha value is -0.940. The number of benzene rings is 1. The van der Waals surface area contributed by atoms with E-state index >= 15 is 0 Å². The van der Waals surface area contributed by atoms with E-state index in [4.69, 9.17) is 4.74 Å². The van der Waals surface area contributed by atoms with E-state index in [-0.39, 0.29) is 5.82 Å². The van der Waals surface area contributed by atoms with Crippen LogP contribution in [0.1, 0.15) is 0 Å². The predicted octanol–water partition coefficient (Wildman–Crippen LogP) is 4.54. The van der Waals surface area contributed by atoms with Crippen LogP contribution in [-0.2, 0) is 0 Å². The first-order chi connectivity index (χ1) is 7.66. The van der Waals surface area contributed by atoms with Gasteiger partial charge in [-0.2, -0.15) is 0 Å². The summed E-state index contributed by atoms with van der Waals surface area (Å²) in [5.41, 5.74) is 0. The van der Waals surface area contributed by atoms with E-state index < -0.39 is 0 Å². The van der Waals surface area contributed by atoms with Crippen LogP contribution in [0.15, 0.2) is 45.6 Å². The number of pyridine rings is 1. The van der Waals surface area contributed by atoms with Gasteiger partial charge in [0.15, 0.2) is 0 Å². The van der Waals surface area contributed by atoms with Crippen molar-refractivity contribution in [1.82, 2.24) is 4.98 Å². The number of ether oxygens (including phenoxy) is 1. The van der Waals surface area contributed by atoms with Crippen molar-refractivity contribution in [3.05, 3.63) is 51.4 Å². The second kappa shape index (κ2) is 4.93. The highest BCUT2D eigenvalue weighted by atomic mass is 79.9. The molecule has 1 aromatic carbocycles. The topological polar surface area (TPSA) is 22.1 Å². The number of nitrogens with zero attached hydrogens (tertiary/aromatic N) is 1. The monoisotopic (exact) mass is 345 g/mol. The molecule has 0 spiro atoms. The summed E-state index contributed by atoms with van der Waals surface area (Å²) in [6.45, 7) is 0. The maximum Gasteiger partial charge on any atom is 0.144 e. The molecule has 0 unspecified atom stereocenters. The lowest BCUT2D eigenvalue weighted by Crippen LogP contribution is -1.88. The molecular formula is C11H6Br2FNO. The van der Waals surface area contributed by atoms with Crippen LogP contribution in [-0.4, -0.2) is 4.98 Å². The smallest absolute Gasteiger partial charge is 0.144 e. The fraction of sp³-hybridized carbons (Fsp3) is 0. The fourth-order valence-electron chi connectivity index (χ4n) is 1.12. The molecule has 0 fully saturated rings. The van der Waals surface area contributed by atoms with Gasteiger partial charge in [0.05, 0.1) is 8.95 Å². The van der Waals surface area contributed by atoms with Gasteiger partial charge in [-0.05, 0) is 50.1 Å². The van der Waals surface area contributed by atoms with Crippen LogP contribution in [0.2, 0.25) is 0 Å². The maximum atomic E-state index is 12.9. The van der Waals surface area contributed by atoms with E-state index in [1.54, 1.807) is 24.5 Å². The summed E-state index contributed by atoms with van der Waals surface area (Å²) in [5, 5.41) is 0. The molecule has 82 valence electrons. The van der Waals surface area contributed by atoms with Crippen molar-refractivity contribution >= 4 is 31.9 Å². The Morgan fingerprint density at radius 3 is 2.50 bits per heavy atom. The zero-order valence-electron chi connectivity index (χ0n) is 7.95. The number of rotatable bonds is 2. The summed E-state index contributed by atoms with van der Waals surface area (Å²) in [7, 11) is 0. The van der Waals surface area contributed by atoms with Gasteiger partial charge in [-0.15, -0.1) is 0 Å². The molecule has 1 aromatic heterocycles. The summed E-state index contributed by atoms with van der Waals surface area (Å²) in [6, 6.07) is 5.98. The zero-order valence-corrected chi connectivity index (χ0v) is 11.1. The van der Waals surface area contributed by atoms with Gasteiger partial charge in [0.25, 0.3) is 0 Å². The van der Waals surface area contributed by atoms with E-state index in [0.29, 0.717) is 16.0 Å². The third kappa shape index (κ3) is 2.59. The molecule has 2 aromatic rings. The van der Waals surface area contributed by atoms with Crippen molar-refractivity contribution in [2.75, 3.05) is 0 Å². The number of hydrogen-bond donors (Lipinski definition) is 0. The summed E-state index contributed by atoms with van der Waals surface area (Å²) >= 11 is 6.55. The third-order valence-electron chi connectivity index (χ3n) is 1.85. The first-order valence-corrected chi connectivity index (χ1v) is 5.98. The van der Waals surface area contributed by atoms with Gasteiger partial charge in [0, 0.05) is 18.5 Å². The summed E-state index contributed by atoms with van der Waals surface area (Å²) in [6.07, 6.45) is 3.25. The van der Waals surface area contributed by atoms with E-state index in [2.05, 4.69) is 36.8 Å². The van der Waals surface area contributed by atoms with E-state index in [9.17, 15) is 4.39 Å². The van der Waals surface area contributed by atoms with Gasteiger partial charge >= 0.3 is 0 Å². The number of hydrogen-bond acceptors (Lipinski definition) is 2. The molecule has 5 heteroatoms. The van der Waals surface area contributed by atoms with Crippen LogP contribution in [0.4, 0.5) is 4.39 Å². The summed E-state index contributed by atoms with van der Waals surface area (Å²) in [4.78, 5) is 3.92. The van der Waals surface area contributed by atoms with Crippen molar-refractivity contribution in [1.29, 1.82) is 0 Å². The van der Waals surface area contributed by atoms with Gasteiger partial charge in [-0.25, -0.2) is 4.39 Å². The van der Waals surface area contributed by atoms with Crippen molar-refractivity contribution in [3.8, 4) is 11.5 Å². The molecule has 0 N–H and O–H groups in total. The highest BCUT2D eigenvalue weighted by molar-refractivity contribution is 9.11. The molecule has 0 amide bonds. The van der Waals surface area contributed by atoms with Gasteiger partial charge in [0.1, 0.15) is 17.3 Å². The van der Waals surface area contributed by atoms with Crippen LogP contribution >= 0.6 is 31.9 Å². The molecule has 2 rings (SSSR count). The van der Waals surface area contributed by atoms with Crippen LogP contribution in [0.3, 0.4) is 0 Å². The van der Waals surface area contributed by atoms with Crippen LogP contribution in [0.25, 0.3) is 0 Å². The van der Waals surface area contributed by atoms with Crippen molar-refractivity contribution in [2.24, 2.45) is 0 Å². The molecule has 2 nitrogen and oxygen atoms in total. The van der Waals surface area contributed by atoms with Crippen LogP contribution in [0.5, 0.6) is 11.5 Å². The van der Waals surface area contributed by atoms with E-state index in [1.807, 2.05) is 0 Å². The average molecular weight is 347 g/mol. The molecule has 0 saturated heterocycles. The third-order valence-corrected chi connectivity index (χ3v) is 3.06. The van der Waals surface area contributed by atoms with Gasteiger partial charge in [-0.1, -0.05) is 0 Å². The lowest BCUT2D eigenvalue weighted by atomic mass is 10.3. The highest BCUT2D eigenvalue weighted by Crippen LogP contribution is 2.33. The minimum atomic E-state index is -0.312. The Bertz CT molecular complexity index is 519. The molecule has 0 atom stereocenters. The molecular weight excluding hydrogens is 341 g/mol. The predicted molar refractivity (Wildman–Crippen MR) is 66.1 cm³/mol. The second-order valence-corrected chi connectivity index (χ2v) is 4.69. The Morgan fingerprint density at radius 1 is 1.06 bits per heavy atom. The highest BCUT2D eigenvalue weighted by Gasteiger charge is 2.06. The minimum absolute atomic E-state index is 0.312. The Labute approximate surface area is 109 Å². The van der Waals surface area contributed by atoms with Crippen LogP contribution < -0.4 is 4.74 Å². The Morgan fingerprint density at radius 2 is 1.81 bits per heavy atom. The molecule has 0 saturated carbocycles. The normalized spacial score (nSPS) is 10.2. The van der Waals surface area contributed by atoms with Crippen molar-refractivity contribution in [3.63, 3.8) is 0 Å². The largest absolute Gasteiger partial charge is 0.455 e. The number of halogens is 3. The van der Waals surface area contributed by atoms with Gasteiger partial charge in [0.2, 0.25) is 0 Å². The maximum absolute atomic E-state index is 12.9. The molecule has 1 heterocycles. The SMILES string of the molecule is Fc1ccc(Oc2ccncc2Br)c(Br)c1. The van der Waals surface area contributed by atoms with E-state index in [0.717, 1.165) is 4.47 Å². The molecule has 0 aliphatic carbocycles. The average Bonchev–Trinajstić information content (AvgIpc) is 2.25. The quantitative estimate of drug-likeness (QED) is 0.796. The Balaban J connectivity index is 2.31. The molecule has 16 heavy (non-hydrogen) atoms. The fourth-order valence-corrected chi connectivity index (χ4v) is 1.88. The minimum Gasteiger partial charge on any atom is -0.455 e. The first-order valence-electron chi connectivity index (χ1n) is 4.39. The van der Waals surface area contributed by atoms with Gasteiger partial charge < -0.3 is 4.74 Å². The van der Waals surface area contributed by atoms with Crippen LogP contribution in [0, 0.1) is 5.82 Å². The lowest BCUT2D eigenvalue weighted by molar-refractivity contribution is 0.473. The van der Waals surface area contributed by atoms with E-state index in [1.165, 1.54) is 12.1 Å². The van der Waals surface area contributed by atoms with Gasteiger partial charge in [-0.3, -0.25) is 4.98 Å². The lowest BCUT2D eigenvalue weighted by Gasteiger charge is -2.08. The molecule has 0 aliphatic rings. The van der Waals surface area contributed by atoms with Crippen molar-refractivity contribution < 1.29 is 9.13 Å². The Kier molecular flexibility index (Phi) is 3.56. The summed E-state index contributed by atoms with van der Waals surface area (Å²) < 4.78 is 19.8. The van der Waals surface area contributed by atoms with Crippen molar-refractivity contribution in [2.45, 2.75) is 0 Å². The number of aromatic nitrogens is 1. The first kappa shape index (κ1) is 11.5.